The topological polar surface area (TPSA) is 78.4 Å². The van der Waals surface area contributed by atoms with E-state index in [2.05, 4.69) is 31.4 Å². The monoisotopic (exact) mass is 292 g/mol. The molecule has 0 aliphatic carbocycles. The minimum atomic E-state index is -0.862. The zero-order chi connectivity index (χ0) is 15.1. The summed E-state index contributed by atoms with van der Waals surface area (Å²) in [6.07, 6.45) is 3.06. The Kier molecular flexibility index (Phi) is 8.25. The standard InChI is InChI=1S/C13H28N2O3S/c1-10(19(5)18)6-7-14-12(17)15-11(9-16)8-13(2,3)4/h10-11,16H,6-9H2,1-5H3,(H2,14,15,17). The number of hydrogen-bond donors (Lipinski definition) is 3. The molecule has 2 amide bonds. The third-order valence-corrected chi connectivity index (χ3v) is 4.19. The molecule has 0 saturated heterocycles. The smallest absolute Gasteiger partial charge is 0.315 e. The van der Waals surface area contributed by atoms with Gasteiger partial charge in [-0.25, -0.2) is 4.79 Å². The Balaban J connectivity index is 3.98. The Hall–Kier alpha value is -0.620. The van der Waals surface area contributed by atoms with Crippen LogP contribution in [0.4, 0.5) is 4.79 Å². The quantitative estimate of drug-likeness (QED) is 0.660. The first-order valence-corrected chi connectivity index (χ1v) is 8.25. The summed E-state index contributed by atoms with van der Waals surface area (Å²) in [7, 11) is -0.862. The summed E-state index contributed by atoms with van der Waals surface area (Å²) in [6.45, 7) is 8.50. The third-order valence-electron chi connectivity index (χ3n) is 2.82. The van der Waals surface area contributed by atoms with Gasteiger partial charge in [0, 0.05) is 28.9 Å². The van der Waals surface area contributed by atoms with Crippen molar-refractivity contribution in [2.45, 2.75) is 51.8 Å². The van der Waals surface area contributed by atoms with Crippen LogP contribution in [0.25, 0.3) is 0 Å². The Morgan fingerprint density at radius 3 is 2.37 bits per heavy atom. The van der Waals surface area contributed by atoms with Gasteiger partial charge in [0.15, 0.2) is 0 Å². The maximum atomic E-state index is 11.6. The lowest BCUT2D eigenvalue weighted by Crippen LogP contribution is -2.45. The van der Waals surface area contributed by atoms with E-state index in [9.17, 15) is 14.1 Å². The molecule has 0 aromatic heterocycles. The van der Waals surface area contributed by atoms with E-state index >= 15 is 0 Å². The van der Waals surface area contributed by atoms with Crippen molar-refractivity contribution in [3.05, 3.63) is 0 Å². The van der Waals surface area contributed by atoms with Crippen LogP contribution in [0.5, 0.6) is 0 Å². The maximum absolute atomic E-state index is 11.6. The molecule has 6 heteroatoms. The van der Waals surface area contributed by atoms with E-state index in [1.165, 1.54) is 0 Å². The fraction of sp³-hybridized carbons (Fsp3) is 0.923. The first-order valence-electron chi connectivity index (χ1n) is 6.63. The van der Waals surface area contributed by atoms with Crippen molar-refractivity contribution >= 4 is 16.8 Å². The summed E-state index contributed by atoms with van der Waals surface area (Å²) >= 11 is 0. The van der Waals surface area contributed by atoms with Gasteiger partial charge < -0.3 is 15.7 Å². The molecule has 19 heavy (non-hydrogen) atoms. The largest absolute Gasteiger partial charge is 0.394 e. The summed E-state index contributed by atoms with van der Waals surface area (Å²) in [6, 6.07) is -0.518. The molecule has 0 radical (unpaired) electrons. The summed E-state index contributed by atoms with van der Waals surface area (Å²) < 4.78 is 11.1. The Bertz CT molecular complexity index is 303. The zero-order valence-corrected chi connectivity index (χ0v) is 13.5. The van der Waals surface area contributed by atoms with Gasteiger partial charge in [-0.1, -0.05) is 27.7 Å². The normalized spacial score (nSPS) is 16.5. The van der Waals surface area contributed by atoms with Crippen LogP contribution in [-0.2, 0) is 10.8 Å². The molecule has 3 unspecified atom stereocenters. The summed E-state index contributed by atoms with van der Waals surface area (Å²) in [5.74, 6) is 0. The first kappa shape index (κ1) is 18.4. The molecule has 5 nitrogen and oxygen atoms in total. The average molecular weight is 292 g/mol. The molecule has 0 aromatic carbocycles. The predicted molar refractivity (Wildman–Crippen MR) is 79.6 cm³/mol. The Labute approximate surface area is 119 Å². The minimum Gasteiger partial charge on any atom is -0.394 e. The van der Waals surface area contributed by atoms with Crippen molar-refractivity contribution in [3.8, 4) is 0 Å². The fourth-order valence-corrected chi connectivity index (χ4v) is 2.14. The van der Waals surface area contributed by atoms with Gasteiger partial charge in [0.05, 0.1) is 12.6 Å². The van der Waals surface area contributed by atoms with E-state index < -0.39 is 10.8 Å². The molecule has 0 heterocycles. The molecule has 114 valence electrons. The molecule has 3 N–H and O–H groups in total. The van der Waals surface area contributed by atoms with Crippen molar-refractivity contribution in [3.63, 3.8) is 0 Å². The SMILES string of the molecule is CC(CCNC(=O)NC(CO)CC(C)(C)C)S(C)=O. The number of aliphatic hydroxyl groups is 1. The van der Waals surface area contributed by atoms with Gasteiger partial charge in [-0.15, -0.1) is 0 Å². The van der Waals surface area contributed by atoms with E-state index in [0.29, 0.717) is 19.4 Å². The Morgan fingerprint density at radius 1 is 1.37 bits per heavy atom. The molecule has 0 saturated carbocycles. The average Bonchev–Trinajstić information content (AvgIpc) is 2.25. The van der Waals surface area contributed by atoms with Crippen LogP contribution < -0.4 is 10.6 Å². The lowest BCUT2D eigenvalue weighted by Gasteiger charge is -2.25. The fourth-order valence-electron chi connectivity index (χ4n) is 1.69. The third kappa shape index (κ3) is 9.90. The molecule has 0 aromatic rings. The van der Waals surface area contributed by atoms with Crippen LogP contribution >= 0.6 is 0 Å². The number of carbonyl (C=O) groups excluding carboxylic acids is 1. The van der Waals surface area contributed by atoms with Gasteiger partial charge in [0.25, 0.3) is 0 Å². The molecule has 3 atom stereocenters. The van der Waals surface area contributed by atoms with Crippen molar-refractivity contribution in [2.75, 3.05) is 19.4 Å². The molecular formula is C13H28N2O3S. The molecule has 0 aliphatic rings. The molecular weight excluding hydrogens is 264 g/mol. The highest BCUT2D eigenvalue weighted by Gasteiger charge is 2.19. The van der Waals surface area contributed by atoms with Gasteiger partial charge in [0.1, 0.15) is 0 Å². The van der Waals surface area contributed by atoms with Crippen LogP contribution in [0.15, 0.2) is 0 Å². The van der Waals surface area contributed by atoms with Crippen LogP contribution in [0.3, 0.4) is 0 Å². The van der Waals surface area contributed by atoms with E-state index in [0.717, 1.165) is 0 Å². The number of aliphatic hydroxyl groups excluding tert-OH is 1. The van der Waals surface area contributed by atoms with Crippen molar-refractivity contribution in [2.24, 2.45) is 5.41 Å². The zero-order valence-electron chi connectivity index (χ0n) is 12.7. The second-order valence-corrected chi connectivity index (χ2v) is 7.94. The van der Waals surface area contributed by atoms with Crippen LogP contribution in [0, 0.1) is 5.41 Å². The van der Waals surface area contributed by atoms with E-state index in [1.54, 1.807) is 6.26 Å². The number of carbonyl (C=O) groups is 1. The van der Waals surface area contributed by atoms with Gasteiger partial charge in [-0.3, -0.25) is 4.21 Å². The second kappa shape index (κ2) is 8.53. The molecule has 0 bridgehead atoms. The number of hydrogen-bond acceptors (Lipinski definition) is 3. The van der Waals surface area contributed by atoms with Crippen LogP contribution in [0.2, 0.25) is 0 Å². The first-order chi connectivity index (χ1) is 8.65. The van der Waals surface area contributed by atoms with Gasteiger partial charge in [-0.2, -0.15) is 0 Å². The maximum Gasteiger partial charge on any atom is 0.315 e. The molecule has 0 rings (SSSR count). The number of nitrogens with one attached hydrogen (secondary N) is 2. The van der Waals surface area contributed by atoms with E-state index in [4.69, 9.17) is 0 Å². The van der Waals surface area contributed by atoms with Gasteiger partial charge in [-0.05, 0) is 18.3 Å². The Morgan fingerprint density at radius 2 is 1.95 bits per heavy atom. The van der Waals surface area contributed by atoms with Crippen molar-refractivity contribution in [1.29, 1.82) is 0 Å². The van der Waals surface area contributed by atoms with E-state index in [1.807, 2.05) is 6.92 Å². The van der Waals surface area contributed by atoms with E-state index in [-0.39, 0.29) is 29.3 Å². The number of rotatable bonds is 7. The van der Waals surface area contributed by atoms with Crippen LogP contribution in [-0.4, -0.2) is 46.0 Å². The van der Waals surface area contributed by atoms with Gasteiger partial charge >= 0.3 is 6.03 Å². The van der Waals surface area contributed by atoms with Crippen LogP contribution in [0.1, 0.15) is 40.5 Å². The second-order valence-electron chi connectivity index (χ2n) is 6.14. The highest BCUT2D eigenvalue weighted by atomic mass is 32.2. The summed E-state index contributed by atoms with van der Waals surface area (Å²) in [4.78, 5) is 11.6. The predicted octanol–water partition coefficient (Wildman–Crippen LogP) is 1.24. The number of urea groups is 1. The molecule has 0 aliphatic heterocycles. The minimum absolute atomic E-state index is 0.0499. The van der Waals surface area contributed by atoms with Crippen molar-refractivity contribution in [1.82, 2.24) is 10.6 Å². The highest BCUT2D eigenvalue weighted by Crippen LogP contribution is 2.20. The lowest BCUT2D eigenvalue weighted by molar-refractivity contribution is 0.191. The summed E-state index contributed by atoms with van der Waals surface area (Å²) in [5.41, 5.74) is 0.0499. The van der Waals surface area contributed by atoms with Gasteiger partial charge in [0.2, 0.25) is 0 Å². The lowest BCUT2D eigenvalue weighted by atomic mass is 9.88. The summed E-state index contributed by atoms with van der Waals surface area (Å²) in [5, 5.41) is 14.8. The molecule has 0 fully saturated rings. The highest BCUT2D eigenvalue weighted by molar-refractivity contribution is 7.84. The number of amides is 2. The molecule has 0 spiro atoms. The van der Waals surface area contributed by atoms with Crippen molar-refractivity contribution < 1.29 is 14.1 Å².